The maximum Gasteiger partial charge on any atom is 0.408 e. The number of morpholine rings is 1. The number of rotatable bonds is 4. The number of hydrogen-bond donors (Lipinski definition) is 2. The molecule has 0 bridgehead atoms. The lowest BCUT2D eigenvalue weighted by atomic mass is 10.2. The predicted molar refractivity (Wildman–Crippen MR) is 94.8 cm³/mol. The van der Waals surface area contributed by atoms with E-state index < -0.39 is 29.4 Å². The third kappa shape index (κ3) is 8.89. The maximum atomic E-state index is 12.7. The summed E-state index contributed by atoms with van der Waals surface area (Å²) in [5.74, 6) is -0.310. The van der Waals surface area contributed by atoms with Crippen molar-refractivity contribution in [1.29, 1.82) is 0 Å². The van der Waals surface area contributed by atoms with E-state index in [9.17, 15) is 14.4 Å². The molecule has 0 aromatic carbocycles. The maximum absolute atomic E-state index is 12.7. The van der Waals surface area contributed by atoms with Crippen LogP contribution in [0.5, 0.6) is 0 Å². The molecule has 1 aliphatic rings. The third-order valence-electron chi connectivity index (χ3n) is 3.16. The highest BCUT2D eigenvalue weighted by atomic mass is 16.6. The summed E-state index contributed by atoms with van der Waals surface area (Å²) in [4.78, 5) is 38.2. The van der Waals surface area contributed by atoms with Crippen molar-refractivity contribution in [3.8, 4) is 0 Å². The van der Waals surface area contributed by atoms with Crippen LogP contribution in [0.3, 0.4) is 0 Å². The molecule has 0 aromatic heterocycles. The average molecular weight is 373 g/mol. The van der Waals surface area contributed by atoms with Crippen molar-refractivity contribution in [2.24, 2.45) is 0 Å². The molecule has 0 aliphatic carbocycles. The number of amides is 3. The molecule has 1 atom stereocenters. The van der Waals surface area contributed by atoms with E-state index in [2.05, 4.69) is 10.6 Å². The van der Waals surface area contributed by atoms with Crippen LogP contribution in [0.15, 0.2) is 0 Å². The normalized spacial score (nSPS) is 16.5. The molecule has 1 heterocycles. The van der Waals surface area contributed by atoms with Crippen molar-refractivity contribution in [3.05, 3.63) is 0 Å². The number of nitrogens with zero attached hydrogens (tertiary/aromatic N) is 1. The van der Waals surface area contributed by atoms with Gasteiger partial charge in [-0.15, -0.1) is 0 Å². The minimum atomic E-state index is -0.963. The van der Waals surface area contributed by atoms with Crippen LogP contribution in [0.4, 0.5) is 9.59 Å². The Morgan fingerprint density at radius 3 is 1.96 bits per heavy atom. The van der Waals surface area contributed by atoms with Gasteiger partial charge in [-0.2, -0.15) is 0 Å². The second kappa shape index (κ2) is 9.07. The Balaban J connectivity index is 2.72. The van der Waals surface area contributed by atoms with Crippen LogP contribution in [0.25, 0.3) is 0 Å². The molecule has 0 unspecified atom stereocenters. The largest absolute Gasteiger partial charge is 0.444 e. The monoisotopic (exact) mass is 373 g/mol. The van der Waals surface area contributed by atoms with Gasteiger partial charge in [-0.25, -0.2) is 9.59 Å². The zero-order valence-electron chi connectivity index (χ0n) is 16.5. The standard InChI is InChI=1S/C17H31N3O6/c1-16(2,3)25-14(22)18-11-12(19-15(23)26-17(4,5)6)13(21)20-7-9-24-10-8-20/h12H,7-11H2,1-6H3,(H,18,22)(H,19,23)/t12-/m1/s1. The van der Waals surface area contributed by atoms with Crippen LogP contribution in [-0.4, -0.2) is 73.1 Å². The summed E-state index contributed by atoms with van der Waals surface area (Å²) in [7, 11) is 0. The first-order valence-corrected chi connectivity index (χ1v) is 8.70. The molecule has 0 aromatic rings. The van der Waals surface area contributed by atoms with E-state index in [4.69, 9.17) is 14.2 Å². The topological polar surface area (TPSA) is 106 Å². The average Bonchev–Trinajstić information content (AvgIpc) is 2.48. The highest BCUT2D eigenvalue weighted by molar-refractivity contribution is 5.86. The fourth-order valence-electron chi connectivity index (χ4n) is 2.15. The second-order valence-electron chi connectivity index (χ2n) is 8.02. The van der Waals surface area contributed by atoms with Crippen LogP contribution in [-0.2, 0) is 19.0 Å². The van der Waals surface area contributed by atoms with Crippen LogP contribution in [0.2, 0.25) is 0 Å². The van der Waals surface area contributed by atoms with Crippen molar-refractivity contribution in [3.63, 3.8) is 0 Å². The molecular weight excluding hydrogens is 342 g/mol. The van der Waals surface area contributed by atoms with Crippen molar-refractivity contribution in [2.45, 2.75) is 58.8 Å². The first-order chi connectivity index (χ1) is 11.9. The smallest absolute Gasteiger partial charge is 0.408 e. The van der Waals surface area contributed by atoms with Crippen molar-refractivity contribution >= 4 is 18.1 Å². The summed E-state index contributed by atoms with van der Waals surface area (Å²) in [6, 6.07) is -0.963. The Kier molecular flexibility index (Phi) is 7.68. The quantitative estimate of drug-likeness (QED) is 0.768. The summed E-state index contributed by atoms with van der Waals surface area (Å²) in [6.45, 7) is 12.0. The predicted octanol–water partition coefficient (Wildman–Crippen LogP) is 1.26. The molecule has 0 radical (unpaired) electrons. The fraction of sp³-hybridized carbons (Fsp3) is 0.824. The Bertz CT molecular complexity index is 504. The lowest BCUT2D eigenvalue weighted by Crippen LogP contribution is -2.56. The second-order valence-corrected chi connectivity index (χ2v) is 8.02. The third-order valence-corrected chi connectivity index (χ3v) is 3.16. The molecular formula is C17H31N3O6. The van der Waals surface area contributed by atoms with Crippen molar-refractivity contribution in [1.82, 2.24) is 15.5 Å². The van der Waals surface area contributed by atoms with Crippen LogP contribution >= 0.6 is 0 Å². The zero-order valence-corrected chi connectivity index (χ0v) is 16.5. The number of alkyl carbamates (subject to hydrolysis) is 2. The minimum Gasteiger partial charge on any atom is -0.444 e. The summed E-state index contributed by atoms with van der Waals surface area (Å²) >= 11 is 0. The number of carbonyl (C=O) groups excluding carboxylic acids is 3. The molecule has 1 fully saturated rings. The molecule has 2 N–H and O–H groups in total. The van der Waals surface area contributed by atoms with E-state index in [-0.39, 0.29) is 12.5 Å². The summed E-state index contributed by atoms with van der Waals surface area (Å²) < 4.78 is 15.6. The van der Waals surface area contributed by atoms with Gasteiger partial charge in [-0.3, -0.25) is 4.79 Å². The molecule has 1 aliphatic heterocycles. The number of nitrogens with one attached hydrogen (secondary N) is 2. The van der Waals surface area contributed by atoms with E-state index in [1.807, 2.05) is 0 Å². The molecule has 1 saturated heterocycles. The van der Waals surface area contributed by atoms with Crippen molar-refractivity contribution < 1.29 is 28.6 Å². The van der Waals surface area contributed by atoms with Crippen LogP contribution in [0, 0.1) is 0 Å². The number of hydrogen-bond acceptors (Lipinski definition) is 6. The highest BCUT2D eigenvalue weighted by Gasteiger charge is 2.30. The van der Waals surface area contributed by atoms with Crippen LogP contribution in [0.1, 0.15) is 41.5 Å². The van der Waals surface area contributed by atoms with E-state index >= 15 is 0 Å². The first kappa shape index (κ1) is 22.0. The van der Waals surface area contributed by atoms with E-state index in [0.717, 1.165) is 0 Å². The molecule has 26 heavy (non-hydrogen) atoms. The number of ether oxygens (including phenoxy) is 3. The van der Waals surface area contributed by atoms with Gasteiger partial charge in [0.15, 0.2) is 0 Å². The van der Waals surface area contributed by atoms with Gasteiger partial charge in [0.1, 0.15) is 17.2 Å². The van der Waals surface area contributed by atoms with E-state index in [1.54, 1.807) is 46.4 Å². The van der Waals surface area contributed by atoms with E-state index in [1.165, 1.54) is 0 Å². The van der Waals surface area contributed by atoms with E-state index in [0.29, 0.717) is 26.3 Å². The van der Waals surface area contributed by atoms with Gasteiger partial charge in [-0.05, 0) is 41.5 Å². The Morgan fingerprint density at radius 2 is 1.46 bits per heavy atom. The minimum absolute atomic E-state index is 0.107. The molecule has 9 nitrogen and oxygen atoms in total. The molecule has 150 valence electrons. The lowest BCUT2D eigenvalue weighted by molar-refractivity contribution is -0.137. The van der Waals surface area contributed by atoms with Gasteiger partial charge in [0, 0.05) is 13.1 Å². The molecule has 0 spiro atoms. The molecule has 0 saturated carbocycles. The van der Waals surface area contributed by atoms with Gasteiger partial charge >= 0.3 is 12.2 Å². The van der Waals surface area contributed by atoms with Gasteiger partial charge in [0.05, 0.1) is 19.8 Å². The first-order valence-electron chi connectivity index (χ1n) is 8.70. The SMILES string of the molecule is CC(C)(C)OC(=O)NC[C@@H](NC(=O)OC(C)(C)C)C(=O)N1CCOCC1. The van der Waals surface area contributed by atoms with Gasteiger partial charge in [-0.1, -0.05) is 0 Å². The Labute approximate surface area is 154 Å². The fourth-order valence-corrected chi connectivity index (χ4v) is 2.15. The highest BCUT2D eigenvalue weighted by Crippen LogP contribution is 2.09. The molecule has 9 heteroatoms. The van der Waals surface area contributed by atoms with Gasteiger partial charge in [0.2, 0.25) is 5.91 Å². The summed E-state index contributed by atoms with van der Waals surface area (Å²) in [5.41, 5.74) is -1.36. The van der Waals surface area contributed by atoms with Gasteiger partial charge in [0.25, 0.3) is 0 Å². The molecule has 1 rings (SSSR count). The van der Waals surface area contributed by atoms with Crippen molar-refractivity contribution in [2.75, 3.05) is 32.8 Å². The summed E-state index contributed by atoms with van der Waals surface area (Å²) in [6.07, 6.45) is -1.39. The Hall–Kier alpha value is -2.03. The number of carbonyl (C=O) groups is 3. The van der Waals surface area contributed by atoms with Crippen LogP contribution < -0.4 is 10.6 Å². The molecule has 3 amide bonds. The zero-order chi connectivity index (χ0) is 20.0. The lowest BCUT2D eigenvalue weighted by Gasteiger charge is -2.31. The summed E-state index contributed by atoms with van der Waals surface area (Å²) in [5, 5.41) is 5.04. The Morgan fingerprint density at radius 1 is 0.962 bits per heavy atom. The van der Waals surface area contributed by atoms with Gasteiger partial charge < -0.3 is 29.7 Å².